The van der Waals surface area contributed by atoms with Crippen molar-refractivity contribution in [2.24, 2.45) is 7.05 Å². The van der Waals surface area contributed by atoms with Crippen molar-refractivity contribution >= 4 is 21.6 Å². The SMILES string of the molecule is [C-]#[N+]c1c(OC2CC2)cc(C)c(F)c1-c1c(Br)cnn1C. The van der Waals surface area contributed by atoms with E-state index >= 15 is 0 Å². The van der Waals surface area contributed by atoms with Crippen LogP contribution in [0.3, 0.4) is 0 Å². The van der Waals surface area contributed by atoms with E-state index in [1.807, 2.05) is 0 Å². The van der Waals surface area contributed by atoms with Crippen LogP contribution in [0.1, 0.15) is 18.4 Å². The molecule has 108 valence electrons. The van der Waals surface area contributed by atoms with Gasteiger partial charge in [-0.15, -0.1) is 0 Å². The van der Waals surface area contributed by atoms with Crippen molar-refractivity contribution in [3.05, 3.63) is 39.5 Å². The fourth-order valence-electron chi connectivity index (χ4n) is 2.23. The molecule has 0 amide bonds. The quantitative estimate of drug-likeness (QED) is 0.769. The number of hydrogen-bond donors (Lipinski definition) is 0. The van der Waals surface area contributed by atoms with Crippen LogP contribution in [0.25, 0.3) is 16.1 Å². The molecule has 0 N–H and O–H groups in total. The highest BCUT2D eigenvalue weighted by molar-refractivity contribution is 9.10. The van der Waals surface area contributed by atoms with E-state index in [1.165, 1.54) is 0 Å². The molecule has 4 nitrogen and oxygen atoms in total. The van der Waals surface area contributed by atoms with Gasteiger partial charge in [0.15, 0.2) is 0 Å². The first-order valence-electron chi connectivity index (χ1n) is 6.58. The Balaban J connectivity index is 2.27. The van der Waals surface area contributed by atoms with E-state index in [9.17, 15) is 4.39 Å². The van der Waals surface area contributed by atoms with Gasteiger partial charge in [-0.3, -0.25) is 4.68 Å². The average Bonchev–Trinajstić information content (AvgIpc) is 3.20. The zero-order valence-corrected chi connectivity index (χ0v) is 13.2. The van der Waals surface area contributed by atoms with Crippen molar-refractivity contribution in [1.29, 1.82) is 0 Å². The van der Waals surface area contributed by atoms with Crippen LogP contribution in [0, 0.1) is 19.3 Å². The lowest BCUT2D eigenvalue weighted by atomic mass is 10.0. The fourth-order valence-corrected chi connectivity index (χ4v) is 2.77. The van der Waals surface area contributed by atoms with E-state index < -0.39 is 5.82 Å². The summed E-state index contributed by atoms with van der Waals surface area (Å²) in [7, 11) is 1.72. The van der Waals surface area contributed by atoms with Gasteiger partial charge in [0.05, 0.1) is 29.0 Å². The first kappa shape index (κ1) is 14.1. The Bertz CT molecular complexity index is 740. The summed E-state index contributed by atoms with van der Waals surface area (Å²) in [6.45, 7) is 9.11. The van der Waals surface area contributed by atoms with Crippen molar-refractivity contribution in [2.75, 3.05) is 0 Å². The highest BCUT2D eigenvalue weighted by Gasteiger charge is 2.28. The fraction of sp³-hybridized carbons (Fsp3) is 0.333. The van der Waals surface area contributed by atoms with Gasteiger partial charge < -0.3 is 4.74 Å². The van der Waals surface area contributed by atoms with Gasteiger partial charge in [-0.05, 0) is 47.3 Å². The third kappa shape index (κ3) is 2.42. The van der Waals surface area contributed by atoms with E-state index in [4.69, 9.17) is 11.3 Å². The number of hydrogen-bond acceptors (Lipinski definition) is 2. The molecule has 1 aromatic carbocycles. The molecule has 0 unspecified atom stereocenters. The van der Waals surface area contributed by atoms with Crippen molar-refractivity contribution < 1.29 is 9.13 Å². The van der Waals surface area contributed by atoms with Gasteiger partial charge in [0.2, 0.25) is 5.69 Å². The zero-order valence-electron chi connectivity index (χ0n) is 11.7. The van der Waals surface area contributed by atoms with Crippen LogP contribution in [-0.4, -0.2) is 15.9 Å². The zero-order chi connectivity index (χ0) is 15.1. The van der Waals surface area contributed by atoms with E-state index in [2.05, 4.69) is 25.9 Å². The Morgan fingerprint density at radius 3 is 2.76 bits per heavy atom. The van der Waals surface area contributed by atoms with Gasteiger partial charge in [-0.1, -0.05) is 0 Å². The molecule has 0 spiro atoms. The second kappa shape index (κ2) is 5.15. The van der Waals surface area contributed by atoms with E-state index in [0.717, 1.165) is 12.8 Å². The Hall–Kier alpha value is -1.87. The molecule has 1 heterocycles. The third-order valence-corrected chi connectivity index (χ3v) is 4.02. The minimum atomic E-state index is -0.409. The van der Waals surface area contributed by atoms with Crippen LogP contribution < -0.4 is 4.74 Å². The number of halogens is 2. The van der Waals surface area contributed by atoms with E-state index in [1.54, 1.807) is 30.9 Å². The topological polar surface area (TPSA) is 31.4 Å². The molecule has 1 aliphatic rings. The van der Waals surface area contributed by atoms with Crippen molar-refractivity contribution in [2.45, 2.75) is 25.9 Å². The van der Waals surface area contributed by atoms with Crippen LogP contribution in [0.5, 0.6) is 5.75 Å². The van der Waals surface area contributed by atoms with Crippen LogP contribution in [-0.2, 0) is 7.05 Å². The molecule has 0 aliphatic heterocycles. The van der Waals surface area contributed by atoms with Gasteiger partial charge in [0.25, 0.3) is 0 Å². The summed E-state index contributed by atoms with van der Waals surface area (Å²) in [6, 6.07) is 1.61. The van der Waals surface area contributed by atoms with Crippen LogP contribution in [0.2, 0.25) is 0 Å². The number of aromatic nitrogens is 2. The lowest BCUT2D eigenvalue weighted by molar-refractivity contribution is 0.304. The minimum absolute atomic E-state index is 0.151. The summed E-state index contributed by atoms with van der Waals surface area (Å²) < 4.78 is 22.6. The first-order chi connectivity index (χ1) is 10.0. The van der Waals surface area contributed by atoms with Crippen molar-refractivity contribution in [1.82, 2.24) is 9.78 Å². The number of ether oxygens (including phenoxy) is 1. The van der Waals surface area contributed by atoms with Crippen LogP contribution in [0.4, 0.5) is 10.1 Å². The lowest BCUT2D eigenvalue weighted by Gasteiger charge is -2.14. The largest absolute Gasteiger partial charge is 0.501 e. The van der Waals surface area contributed by atoms with Crippen LogP contribution in [0.15, 0.2) is 16.7 Å². The number of benzene rings is 1. The summed E-state index contributed by atoms with van der Waals surface area (Å²) >= 11 is 3.37. The second-order valence-corrected chi connectivity index (χ2v) is 5.98. The van der Waals surface area contributed by atoms with Gasteiger partial charge in [-0.25, -0.2) is 9.24 Å². The standard InChI is InChI=1S/C15H13BrFN3O/c1-8-6-11(21-9-4-5-9)14(18-2)12(13(8)17)15-10(16)7-19-20(15)3/h6-7,9H,4-5H2,1,3H3. The smallest absolute Gasteiger partial charge is 0.240 e. The molecule has 0 atom stereocenters. The Kier molecular flexibility index (Phi) is 3.46. The predicted octanol–water partition coefficient (Wildman–Crippen LogP) is 4.39. The number of aryl methyl sites for hydroxylation is 2. The van der Waals surface area contributed by atoms with Crippen molar-refractivity contribution in [3.8, 4) is 17.0 Å². The molecular weight excluding hydrogens is 337 g/mol. The lowest BCUT2D eigenvalue weighted by Crippen LogP contribution is -2.02. The summed E-state index contributed by atoms with van der Waals surface area (Å²) in [5.41, 5.74) is 1.45. The van der Waals surface area contributed by atoms with Crippen molar-refractivity contribution in [3.63, 3.8) is 0 Å². The van der Waals surface area contributed by atoms with Gasteiger partial charge in [0.1, 0.15) is 11.6 Å². The highest BCUT2D eigenvalue weighted by atomic mass is 79.9. The molecular formula is C15H13BrFN3O. The maximum Gasteiger partial charge on any atom is 0.240 e. The highest BCUT2D eigenvalue weighted by Crippen LogP contribution is 2.45. The molecule has 2 aromatic rings. The monoisotopic (exact) mass is 349 g/mol. The normalized spacial score (nSPS) is 14.0. The molecule has 21 heavy (non-hydrogen) atoms. The maximum absolute atomic E-state index is 14.6. The van der Waals surface area contributed by atoms with Crippen LogP contribution >= 0.6 is 15.9 Å². The molecule has 0 saturated heterocycles. The number of nitrogens with zero attached hydrogens (tertiary/aromatic N) is 3. The van der Waals surface area contributed by atoms with E-state index in [0.29, 0.717) is 21.5 Å². The third-order valence-electron chi connectivity index (χ3n) is 3.44. The summed E-state index contributed by atoms with van der Waals surface area (Å²) in [5.74, 6) is 0.0444. The Morgan fingerprint density at radius 2 is 2.24 bits per heavy atom. The summed E-state index contributed by atoms with van der Waals surface area (Å²) in [5, 5.41) is 4.10. The first-order valence-corrected chi connectivity index (χ1v) is 7.37. The molecule has 1 saturated carbocycles. The van der Waals surface area contributed by atoms with E-state index in [-0.39, 0.29) is 17.4 Å². The molecule has 1 aliphatic carbocycles. The Morgan fingerprint density at radius 1 is 1.52 bits per heavy atom. The Labute approximate surface area is 130 Å². The molecule has 0 radical (unpaired) electrons. The van der Waals surface area contributed by atoms with Gasteiger partial charge in [0, 0.05) is 12.6 Å². The average molecular weight is 350 g/mol. The maximum atomic E-state index is 14.6. The predicted molar refractivity (Wildman–Crippen MR) is 81.0 cm³/mol. The molecule has 1 fully saturated rings. The summed E-state index contributed by atoms with van der Waals surface area (Å²) in [6.07, 6.45) is 3.71. The molecule has 3 rings (SSSR count). The summed E-state index contributed by atoms with van der Waals surface area (Å²) in [4.78, 5) is 3.51. The molecule has 1 aromatic heterocycles. The number of rotatable bonds is 3. The van der Waals surface area contributed by atoms with Gasteiger partial charge in [-0.2, -0.15) is 5.10 Å². The van der Waals surface area contributed by atoms with Gasteiger partial charge >= 0.3 is 0 Å². The minimum Gasteiger partial charge on any atom is -0.501 e. The molecule has 6 heteroatoms. The second-order valence-electron chi connectivity index (χ2n) is 5.12. The molecule has 0 bridgehead atoms.